The van der Waals surface area contributed by atoms with E-state index in [1.807, 2.05) is 6.92 Å². The lowest BCUT2D eigenvalue weighted by atomic mass is 10.1. The van der Waals surface area contributed by atoms with Gasteiger partial charge in [-0.3, -0.25) is 0 Å². The Balaban J connectivity index is 2.90. The highest BCUT2D eigenvalue weighted by atomic mass is 19.1. The third-order valence-corrected chi connectivity index (χ3v) is 1.60. The summed E-state index contributed by atoms with van der Waals surface area (Å²) >= 11 is 0. The monoisotopic (exact) mass is 169 g/mol. The molecule has 1 rings (SSSR count). The summed E-state index contributed by atoms with van der Waals surface area (Å²) in [5.41, 5.74) is 1.51. The maximum Gasteiger partial charge on any atom is 0.127 e. The van der Waals surface area contributed by atoms with E-state index < -0.39 is 0 Å². The average Bonchev–Trinajstić information content (AvgIpc) is 1.96. The molecule has 1 N–H and O–H groups in total. The number of rotatable bonds is 2. The molecule has 0 bridgehead atoms. The fourth-order valence-corrected chi connectivity index (χ4v) is 1.07. The first kappa shape index (κ1) is 9.16. The van der Waals surface area contributed by atoms with Crippen LogP contribution in [-0.4, -0.2) is 17.3 Å². The van der Waals surface area contributed by atoms with Crippen molar-refractivity contribution in [3.05, 3.63) is 35.1 Å². The first-order valence-corrected chi connectivity index (χ1v) is 3.74. The molecular weight excluding hydrogens is 157 g/mol. The summed E-state index contributed by atoms with van der Waals surface area (Å²) in [6, 6.07) is 4.84. The van der Waals surface area contributed by atoms with Crippen LogP contribution in [0.15, 0.2) is 18.2 Å². The maximum absolute atomic E-state index is 13.0. The topological polar surface area (TPSA) is 23.5 Å². The Morgan fingerprint density at radius 2 is 2.17 bits per heavy atom. The lowest BCUT2D eigenvalue weighted by Crippen LogP contribution is -2.12. The molecule has 0 unspecified atom stereocenters. The van der Waals surface area contributed by atoms with E-state index in [2.05, 4.69) is 0 Å². The number of benzene rings is 1. The van der Waals surface area contributed by atoms with Crippen molar-refractivity contribution in [1.82, 2.24) is 5.06 Å². The molecule has 12 heavy (non-hydrogen) atoms. The predicted octanol–water partition coefficient (Wildman–Crippen LogP) is 1.96. The molecule has 0 saturated heterocycles. The van der Waals surface area contributed by atoms with Gasteiger partial charge in [-0.25, -0.2) is 4.39 Å². The zero-order valence-corrected chi connectivity index (χ0v) is 7.21. The molecule has 0 radical (unpaired) electrons. The Morgan fingerprint density at radius 3 is 2.75 bits per heavy atom. The molecule has 0 saturated carbocycles. The van der Waals surface area contributed by atoms with Crippen molar-refractivity contribution >= 4 is 0 Å². The zero-order chi connectivity index (χ0) is 9.14. The SMILES string of the molecule is Cc1ccc(F)c(CN(C)O)c1. The second kappa shape index (κ2) is 3.65. The van der Waals surface area contributed by atoms with Gasteiger partial charge < -0.3 is 5.21 Å². The highest BCUT2D eigenvalue weighted by Crippen LogP contribution is 2.10. The summed E-state index contributed by atoms with van der Waals surface area (Å²) in [6.07, 6.45) is 0. The van der Waals surface area contributed by atoms with Gasteiger partial charge in [0.2, 0.25) is 0 Å². The number of halogens is 1. The van der Waals surface area contributed by atoms with Gasteiger partial charge in [0.05, 0.1) is 6.54 Å². The molecule has 0 fully saturated rings. The summed E-state index contributed by atoms with van der Waals surface area (Å²) in [7, 11) is 1.49. The number of hydrogen-bond donors (Lipinski definition) is 1. The highest BCUT2D eigenvalue weighted by Gasteiger charge is 2.03. The van der Waals surface area contributed by atoms with Crippen LogP contribution in [0.1, 0.15) is 11.1 Å². The van der Waals surface area contributed by atoms with Crippen molar-refractivity contribution in [3.63, 3.8) is 0 Å². The molecule has 0 spiro atoms. The van der Waals surface area contributed by atoms with E-state index in [0.717, 1.165) is 10.6 Å². The lowest BCUT2D eigenvalue weighted by molar-refractivity contribution is -0.0738. The van der Waals surface area contributed by atoms with Gasteiger partial charge in [-0.1, -0.05) is 17.7 Å². The molecule has 0 atom stereocenters. The zero-order valence-electron chi connectivity index (χ0n) is 7.21. The van der Waals surface area contributed by atoms with Gasteiger partial charge in [0.25, 0.3) is 0 Å². The first-order chi connectivity index (χ1) is 5.59. The quantitative estimate of drug-likeness (QED) is 0.684. The number of nitrogens with zero attached hydrogens (tertiary/aromatic N) is 1. The van der Waals surface area contributed by atoms with Gasteiger partial charge in [0.15, 0.2) is 0 Å². The van der Waals surface area contributed by atoms with Crippen LogP contribution in [0.5, 0.6) is 0 Å². The van der Waals surface area contributed by atoms with Crippen molar-refractivity contribution in [3.8, 4) is 0 Å². The molecule has 66 valence electrons. The summed E-state index contributed by atoms with van der Waals surface area (Å²) in [4.78, 5) is 0. The third-order valence-electron chi connectivity index (χ3n) is 1.60. The van der Waals surface area contributed by atoms with Gasteiger partial charge in [0.1, 0.15) is 5.82 Å². The summed E-state index contributed by atoms with van der Waals surface area (Å²) < 4.78 is 13.0. The Kier molecular flexibility index (Phi) is 2.78. The van der Waals surface area contributed by atoms with Crippen molar-refractivity contribution in [2.24, 2.45) is 0 Å². The summed E-state index contributed by atoms with van der Waals surface area (Å²) in [5, 5.41) is 9.84. The van der Waals surface area contributed by atoms with Crippen molar-refractivity contribution < 1.29 is 9.60 Å². The van der Waals surface area contributed by atoms with Crippen LogP contribution in [0.4, 0.5) is 4.39 Å². The van der Waals surface area contributed by atoms with Gasteiger partial charge in [-0.15, -0.1) is 0 Å². The standard InChI is InChI=1S/C9H12FNO/c1-7-3-4-9(10)8(5-7)6-11(2)12/h3-5,12H,6H2,1-2H3. The van der Waals surface area contributed by atoms with Crippen molar-refractivity contribution in [1.29, 1.82) is 0 Å². The van der Waals surface area contributed by atoms with E-state index in [0.29, 0.717) is 5.56 Å². The second-order valence-corrected chi connectivity index (χ2v) is 2.91. The molecule has 2 nitrogen and oxygen atoms in total. The molecule has 0 aromatic heterocycles. The lowest BCUT2D eigenvalue weighted by Gasteiger charge is -2.09. The van der Waals surface area contributed by atoms with E-state index in [-0.39, 0.29) is 12.4 Å². The molecular formula is C9H12FNO. The fourth-order valence-electron chi connectivity index (χ4n) is 1.07. The predicted molar refractivity (Wildman–Crippen MR) is 44.4 cm³/mol. The smallest absolute Gasteiger partial charge is 0.127 e. The van der Waals surface area contributed by atoms with Gasteiger partial charge >= 0.3 is 0 Å². The second-order valence-electron chi connectivity index (χ2n) is 2.91. The van der Waals surface area contributed by atoms with E-state index in [1.165, 1.54) is 13.1 Å². The van der Waals surface area contributed by atoms with E-state index in [9.17, 15) is 4.39 Å². The molecule has 0 aliphatic rings. The van der Waals surface area contributed by atoms with Crippen LogP contribution in [0, 0.1) is 12.7 Å². The largest absolute Gasteiger partial charge is 0.314 e. The minimum atomic E-state index is -0.276. The molecule has 0 amide bonds. The molecule has 0 heterocycles. The summed E-state index contributed by atoms with van der Waals surface area (Å²) in [5.74, 6) is -0.276. The van der Waals surface area contributed by atoms with E-state index in [1.54, 1.807) is 12.1 Å². The molecule has 0 aliphatic carbocycles. The Labute approximate surface area is 71.2 Å². The van der Waals surface area contributed by atoms with Crippen LogP contribution in [0.2, 0.25) is 0 Å². The fraction of sp³-hybridized carbons (Fsp3) is 0.333. The van der Waals surface area contributed by atoms with Crippen LogP contribution < -0.4 is 0 Å². The Morgan fingerprint density at radius 1 is 1.50 bits per heavy atom. The van der Waals surface area contributed by atoms with Crippen LogP contribution in [-0.2, 0) is 6.54 Å². The van der Waals surface area contributed by atoms with E-state index >= 15 is 0 Å². The van der Waals surface area contributed by atoms with Gasteiger partial charge in [-0.05, 0) is 13.0 Å². The number of aryl methyl sites for hydroxylation is 1. The molecule has 3 heteroatoms. The van der Waals surface area contributed by atoms with Crippen molar-refractivity contribution in [2.45, 2.75) is 13.5 Å². The van der Waals surface area contributed by atoms with Crippen LogP contribution >= 0.6 is 0 Å². The van der Waals surface area contributed by atoms with Crippen LogP contribution in [0.3, 0.4) is 0 Å². The molecule has 1 aromatic rings. The van der Waals surface area contributed by atoms with Crippen LogP contribution in [0.25, 0.3) is 0 Å². The van der Waals surface area contributed by atoms with Crippen molar-refractivity contribution in [2.75, 3.05) is 7.05 Å². The first-order valence-electron chi connectivity index (χ1n) is 3.74. The maximum atomic E-state index is 13.0. The van der Waals surface area contributed by atoms with E-state index in [4.69, 9.17) is 5.21 Å². The minimum absolute atomic E-state index is 0.216. The normalized spacial score (nSPS) is 10.8. The number of hydrogen-bond acceptors (Lipinski definition) is 2. The number of hydroxylamine groups is 2. The third kappa shape index (κ3) is 2.29. The highest BCUT2D eigenvalue weighted by molar-refractivity contribution is 5.23. The Bertz CT molecular complexity index is 273. The average molecular weight is 169 g/mol. The molecule has 1 aromatic carbocycles. The van der Waals surface area contributed by atoms with Gasteiger partial charge in [-0.2, -0.15) is 5.06 Å². The van der Waals surface area contributed by atoms with Gasteiger partial charge in [0, 0.05) is 12.6 Å². The minimum Gasteiger partial charge on any atom is -0.314 e. The molecule has 0 aliphatic heterocycles. The Hall–Kier alpha value is -0.930. The summed E-state index contributed by atoms with van der Waals surface area (Å²) in [6.45, 7) is 2.10.